The van der Waals surface area contributed by atoms with E-state index in [0.717, 1.165) is 0 Å². The van der Waals surface area contributed by atoms with Gasteiger partial charge in [0.05, 0.1) is 0 Å². The van der Waals surface area contributed by atoms with Gasteiger partial charge in [0.25, 0.3) is 5.91 Å². The molecule has 5 heteroatoms. The van der Waals surface area contributed by atoms with Crippen LogP contribution in [0.5, 0.6) is 5.75 Å². The zero-order valence-corrected chi connectivity index (χ0v) is 10.8. The summed E-state index contributed by atoms with van der Waals surface area (Å²) >= 11 is 0. The van der Waals surface area contributed by atoms with Crippen molar-refractivity contribution in [3.63, 3.8) is 0 Å². The van der Waals surface area contributed by atoms with E-state index in [4.69, 9.17) is 10.5 Å². The molecule has 1 amide bonds. The molecular weight excluding hydrogens is 235 g/mol. The summed E-state index contributed by atoms with van der Waals surface area (Å²) in [5.41, 5.74) is 5.60. The van der Waals surface area contributed by atoms with E-state index >= 15 is 0 Å². The zero-order valence-electron chi connectivity index (χ0n) is 10.8. The lowest BCUT2D eigenvalue weighted by Crippen LogP contribution is -2.30. The summed E-state index contributed by atoms with van der Waals surface area (Å²) in [6.07, 6.45) is 0. The molecule has 0 unspecified atom stereocenters. The Bertz CT molecular complexity index is 406. The number of benzene rings is 1. The fraction of sp³-hybridized carbons (Fsp3) is 0.462. The highest BCUT2D eigenvalue weighted by atomic mass is 19.1. The van der Waals surface area contributed by atoms with Crippen molar-refractivity contribution in [3.05, 3.63) is 29.6 Å². The Hall–Kier alpha value is -1.62. The van der Waals surface area contributed by atoms with Gasteiger partial charge in [0.1, 0.15) is 6.61 Å². The van der Waals surface area contributed by atoms with Crippen LogP contribution in [0.15, 0.2) is 18.2 Å². The average Bonchev–Trinajstić information content (AvgIpc) is 2.38. The van der Waals surface area contributed by atoms with Crippen molar-refractivity contribution in [1.82, 2.24) is 4.90 Å². The van der Waals surface area contributed by atoms with Gasteiger partial charge in [0.2, 0.25) is 0 Å². The third-order valence-electron chi connectivity index (χ3n) is 2.60. The van der Waals surface area contributed by atoms with E-state index in [-0.39, 0.29) is 18.3 Å². The smallest absolute Gasteiger partial charge is 0.253 e. The standard InChI is InChI=1S/C13H19FN2O2/c1-3-16(4-2)13(17)10-5-6-12(11(14)9-10)18-8-7-15/h5-6,9H,3-4,7-8,15H2,1-2H3. The maximum atomic E-state index is 13.7. The number of rotatable bonds is 6. The van der Waals surface area contributed by atoms with Crippen molar-refractivity contribution < 1.29 is 13.9 Å². The molecule has 1 aromatic rings. The third-order valence-corrected chi connectivity index (χ3v) is 2.60. The molecule has 1 rings (SSSR count). The largest absolute Gasteiger partial charge is 0.489 e. The van der Waals surface area contributed by atoms with E-state index in [1.165, 1.54) is 12.1 Å². The third kappa shape index (κ3) is 3.43. The first kappa shape index (κ1) is 14.4. The minimum atomic E-state index is -0.540. The summed E-state index contributed by atoms with van der Waals surface area (Å²) in [5, 5.41) is 0. The molecule has 0 bridgehead atoms. The van der Waals surface area contributed by atoms with Gasteiger partial charge < -0.3 is 15.4 Å². The molecule has 0 saturated carbocycles. The number of carbonyl (C=O) groups excluding carboxylic acids is 1. The number of nitrogens with two attached hydrogens (primary N) is 1. The molecule has 0 radical (unpaired) electrons. The Morgan fingerprint density at radius 2 is 2.06 bits per heavy atom. The number of hydrogen-bond acceptors (Lipinski definition) is 3. The fourth-order valence-corrected chi connectivity index (χ4v) is 1.61. The second-order valence-electron chi connectivity index (χ2n) is 3.76. The second-order valence-corrected chi connectivity index (χ2v) is 3.76. The summed E-state index contributed by atoms with van der Waals surface area (Å²) < 4.78 is 18.8. The normalized spacial score (nSPS) is 10.2. The van der Waals surface area contributed by atoms with Crippen LogP contribution in [0.3, 0.4) is 0 Å². The molecule has 0 aromatic heterocycles. The number of carbonyl (C=O) groups is 1. The number of hydrogen-bond donors (Lipinski definition) is 1. The summed E-state index contributed by atoms with van der Waals surface area (Å²) in [6, 6.07) is 4.23. The summed E-state index contributed by atoms with van der Waals surface area (Å²) in [4.78, 5) is 13.6. The molecule has 0 saturated heterocycles. The van der Waals surface area contributed by atoms with Crippen molar-refractivity contribution in [2.45, 2.75) is 13.8 Å². The van der Waals surface area contributed by atoms with Crippen LogP contribution in [-0.2, 0) is 0 Å². The summed E-state index contributed by atoms with van der Waals surface area (Å²) in [7, 11) is 0. The highest BCUT2D eigenvalue weighted by molar-refractivity contribution is 5.94. The van der Waals surface area contributed by atoms with Gasteiger partial charge in [-0.05, 0) is 32.0 Å². The molecule has 0 aliphatic carbocycles. The van der Waals surface area contributed by atoms with Crippen LogP contribution < -0.4 is 10.5 Å². The maximum Gasteiger partial charge on any atom is 0.253 e. The molecule has 0 heterocycles. The minimum absolute atomic E-state index is 0.122. The molecule has 0 atom stereocenters. The molecule has 4 nitrogen and oxygen atoms in total. The van der Waals surface area contributed by atoms with Gasteiger partial charge >= 0.3 is 0 Å². The molecule has 100 valence electrons. The fourth-order valence-electron chi connectivity index (χ4n) is 1.61. The molecule has 1 aromatic carbocycles. The van der Waals surface area contributed by atoms with Crippen molar-refractivity contribution in [1.29, 1.82) is 0 Å². The lowest BCUT2D eigenvalue weighted by Gasteiger charge is -2.18. The molecule has 0 aliphatic heterocycles. The number of nitrogens with zero attached hydrogens (tertiary/aromatic N) is 1. The van der Waals surface area contributed by atoms with Gasteiger partial charge in [-0.3, -0.25) is 4.79 Å². The van der Waals surface area contributed by atoms with Crippen LogP contribution >= 0.6 is 0 Å². The molecule has 0 fully saturated rings. The quantitative estimate of drug-likeness (QED) is 0.839. The molecule has 0 spiro atoms. The Morgan fingerprint density at radius 3 is 2.56 bits per heavy atom. The Balaban J connectivity index is 2.86. The average molecular weight is 254 g/mol. The molecular formula is C13H19FN2O2. The predicted octanol–water partition coefficient (Wildman–Crippen LogP) is 1.65. The van der Waals surface area contributed by atoms with Crippen molar-refractivity contribution in [3.8, 4) is 5.75 Å². The van der Waals surface area contributed by atoms with Gasteiger partial charge in [-0.15, -0.1) is 0 Å². The van der Waals surface area contributed by atoms with Gasteiger partial charge in [-0.2, -0.15) is 0 Å². The summed E-state index contributed by atoms with van der Waals surface area (Å²) in [5.74, 6) is -0.595. The van der Waals surface area contributed by atoms with Crippen molar-refractivity contribution >= 4 is 5.91 Å². The van der Waals surface area contributed by atoms with E-state index < -0.39 is 5.82 Å². The summed E-state index contributed by atoms with van der Waals surface area (Å²) in [6.45, 7) is 5.54. The van der Waals surface area contributed by atoms with E-state index in [1.807, 2.05) is 13.8 Å². The number of ether oxygens (including phenoxy) is 1. The van der Waals surface area contributed by atoms with Crippen LogP contribution in [0.25, 0.3) is 0 Å². The van der Waals surface area contributed by atoms with Crippen LogP contribution in [0.2, 0.25) is 0 Å². The second kappa shape index (κ2) is 6.96. The molecule has 18 heavy (non-hydrogen) atoms. The minimum Gasteiger partial charge on any atom is -0.489 e. The topological polar surface area (TPSA) is 55.6 Å². The van der Waals surface area contributed by atoms with E-state index in [0.29, 0.717) is 25.2 Å². The zero-order chi connectivity index (χ0) is 13.5. The first-order valence-electron chi connectivity index (χ1n) is 6.05. The van der Waals surface area contributed by atoms with Gasteiger partial charge in [-0.25, -0.2) is 4.39 Å². The Labute approximate surface area is 107 Å². The maximum absolute atomic E-state index is 13.7. The highest BCUT2D eigenvalue weighted by Gasteiger charge is 2.14. The van der Waals surface area contributed by atoms with Crippen molar-refractivity contribution in [2.75, 3.05) is 26.2 Å². The first-order valence-corrected chi connectivity index (χ1v) is 6.05. The van der Waals surface area contributed by atoms with Crippen LogP contribution in [-0.4, -0.2) is 37.0 Å². The lowest BCUT2D eigenvalue weighted by molar-refractivity contribution is 0.0772. The van der Waals surface area contributed by atoms with Crippen LogP contribution in [0, 0.1) is 5.82 Å². The highest BCUT2D eigenvalue weighted by Crippen LogP contribution is 2.19. The SMILES string of the molecule is CCN(CC)C(=O)c1ccc(OCCN)c(F)c1. The number of halogens is 1. The lowest BCUT2D eigenvalue weighted by atomic mass is 10.2. The van der Waals surface area contributed by atoms with E-state index in [1.54, 1.807) is 11.0 Å². The van der Waals surface area contributed by atoms with Crippen molar-refractivity contribution in [2.24, 2.45) is 5.73 Å². The van der Waals surface area contributed by atoms with Gasteiger partial charge in [0.15, 0.2) is 11.6 Å². The monoisotopic (exact) mass is 254 g/mol. The van der Waals surface area contributed by atoms with Gasteiger partial charge in [-0.1, -0.05) is 0 Å². The molecule has 2 N–H and O–H groups in total. The first-order chi connectivity index (χ1) is 8.63. The van der Waals surface area contributed by atoms with E-state index in [2.05, 4.69) is 0 Å². The Kier molecular flexibility index (Phi) is 5.58. The predicted molar refractivity (Wildman–Crippen MR) is 68.2 cm³/mol. The van der Waals surface area contributed by atoms with Gasteiger partial charge in [0, 0.05) is 25.2 Å². The number of amides is 1. The van der Waals surface area contributed by atoms with E-state index in [9.17, 15) is 9.18 Å². The van der Waals surface area contributed by atoms with Crippen LogP contribution in [0.1, 0.15) is 24.2 Å². The Morgan fingerprint density at radius 1 is 1.39 bits per heavy atom. The van der Waals surface area contributed by atoms with Crippen LogP contribution in [0.4, 0.5) is 4.39 Å². The molecule has 0 aliphatic rings.